The van der Waals surface area contributed by atoms with E-state index >= 15 is 0 Å². The van der Waals surface area contributed by atoms with Gasteiger partial charge in [-0.1, -0.05) is 43.2 Å². The fraction of sp³-hybridized carbons (Fsp3) is 0.432. The van der Waals surface area contributed by atoms with E-state index in [-0.39, 0.29) is 31.0 Å². The zero-order chi connectivity index (χ0) is 37.5. The molecular weight excluding hydrogens is 715 g/mol. The number of allylic oxidation sites excluding steroid dienone is 1. The number of amides is 4. The molecule has 54 heavy (non-hydrogen) atoms. The SMILES string of the molecule is O=C(N[C@H]1CCCCC/C=C\C2C[C@@]2(C(=O)NS(=O)(=O)C2CC2)NC(=O)[C@@H]2C[C@@H](Oc3nc4ncncc4c4ccccc34)CN2C1=O)c1cnccn1. The van der Waals surface area contributed by atoms with E-state index in [9.17, 15) is 27.6 Å². The van der Waals surface area contributed by atoms with Crippen molar-refractivity contribution in [2.75, 3.05) is 6.54 Å². The molecule has 16 nitrogen and oxygen atoms in total. The van der Waals surface area contributed by atoms with Crippen LogP contribution in [0.5, 0.6) is 5.88 Å². The van der Waals surface area contributed by atoms with Crippen LogP contribution in [0.4, 0.5) is 0 Å². The average molecular weight is 754 g/mol. The zero-order valence-electron chi connectivity index (χ0n) is 29.3. The average Bonchev–Trinajstić information content (AvgIpc) is 4.11. The molecule has 8 rings (SSSR count). The minimum absolute atomic E-state index is 0.0266. The summed E-state index contributed by atoms with van der Waals surface area (Å²) in [7, 11) is -3.90. The number of aromatic nitrogens is 5. The predicted octanol–water partition coefficient (Wildman–Crippen LogP) is 2.12. The third-order valence-electron chi connectivity index (χ3n) is 10.6. The van der Waals surface area contributed by atoms with Gasteiger partial charge in [0, 0.05) is 41.7 Å². The van der Waals surface area contributed by atoms with Crippen molar-refractivity contribution in [1.82, 2.24) is 45.2 Å². The second kappa shape index (κ2) is 14.3. The zero-order valence-corrected chi connectivity index (χ0v) is 30.1. The van der Waals surface area contributed by atoms with E-state index in [1.54, 1.807) is 6.20 Å². The summed E-state index contributed by atoms with van der Waals surface area (Å²) in [5, 5.41) is 7.30. The number of hydrogen-bond acceptors (Lipinski definition) is 12. The Morgan fingerprint density at radius 2 is 1.80 bits per heavy atom. The van der Waals surface area contributed by atoms with Crippen molar-refractivity contribution >= 4 is 55.5 Å². The van der Waals surface area contributed by atoms with Crippen LogP contribution in [0.1, 0.15) is 68.3 Å². The molecule has 4 aliphatic rings. The van der Waals surface area contributed by atoms with Crippen LogP contribution in [0.15, 0.2) is 67.5 Å². The maximum absolute atomic E-state index is 14.6. The molecule has 3 N–H and O–H groups in total. The number of sulfonamides is 1. The molecule has 1 saturated heterocycles. The van der Waals surface area contributed by atoms with Crippen LogP contribution >= 0.6 is 0 Å². The molecule has 4 aromatic rings. The van der Waals surface area contributed by atoms with Gasteiger partial charge in [-0.15, -0.1) is 0 Å². The Morgan fingerprint density at radius 1 is 0.963 bits per heavy atom. The maximum Gasteiger partial charge on any atom is 0.272 e. The first-order chi connectivity index (χ1) is 26.1. The van der Waals surface area contributed by atoms with Crippen molar-refractivity contribution in [3.8, 4) is 5.88 Å². The third kappa shape index (κ3) is 7.07. The summed E-state index contributed by atoms with van der Waals surface area (Å²) in [6.45, 7) is -0.0369. The molecule has 5 atom stereocenters. The summed E-state index contributed by atoms with van der Waals surface area (Å²) in [5.74, 6) is -2.70. The Morgan fingerprint density at radius 3 is 2.59 bits per heavy atom. The molecule has 3 aromatic heterocycles. The number of rotatable bonds is 7. The quantitative estimate of drug-likeness (QED) is 0.183. The van der Waals surface area contributed by atoms with E-state index in [1.165, 1.54) is 29.8 Å². The number of pyridine rings is 1. The Balaban J connectivity index is 1.12. The molecular formula is C37H39N9O7S. The second-order valence-electron chi connectivity index (χ2n) is 14.3. The number of carbonyl (C=O) groups is 4. The smallest absolute Gasteiger partial charge is 0.272 e. The van der Waals surface area contributed by atoms with Gasteiger partial charge < -0.3 is 20.3 Å². The summed E-state index contributed by atoms with van der Waals surface area (Å²) in [6.07, 6.45) is 14.6. The van der Waals surface area contributed by atoms with Gasteiger partial charge in [0.25, 0.3) is 11.8 Å². The number of nitrogens with zero attached hydrogens (tertiary/aromatic N) is 6. The maximum atomic E-state index is 14.6. The second-order valence-corrected chi connectivity index (χ2v) is 16.3. The summed E-state index contributed by atoms with van der Waals surface area (Å²) in [5.41, 5.74) is -1.07. The molecule has 1 unspecified atom stereocenters. The van der Waals surface area contributed by atoms with Crippen LogP contribution in [-0.4, -0.2) is 97.4 Å². The third-order valence-corrected chi connectivity index (χ3v) is 12.4. The molecule has 2 aliphatic carbocycles. The van der Waals surface area contributed by atoms with Gasteiger partial charge in [-0.3, -0.25) is 28.9 Å². The van der Waals surface area contributed by atoms with E-state index in [2.05, 4.69) is 40.3 Å². The topological polar surface area (TPSA) is 215 Å². The standard InChI is InChI=1S/C37H39N9O7S/c47-32(29-19-38-14-15-40-29)42-28-11-5-3-1-2-4-8-22-17-37(22,36(50)45-54(51,52)24-12-13-24)44-33(48)30-16-23(20-46(30)35(28)49)53-34-26-10-7-6-9-25(26)27-18-39-21-41-31(27)43-34/h4,6-10,14-15,18-19,21-24,28,30H,1-3,5,11-13,16-17,20H2,(H,42,47)(H,44,48)(H,45,50)/b8-4-/t22?,23-,28+,30+,37-/m1/s1. The molecule has 2 aliphatic heterocycles. The van der Waals surface area contributed by atoms with Gasteiger partial charge in [0.05, 0.1) is 18.0 Å². The Bertz CT molecular complexity index is 2270. The van der Waals surface area contributed by atoms with E-state index in [4.69, 9.17) is 4.74 Å². The molecule has 5 heterocycles. The largest absolute Gasteiger partial charge is 0.472 e. The molecule has 17 heteroatoms. The summed E-state index contributed by atoms with van der Waals surface area (Å²) in [6, 6.07) is 5.34. The van der Waals surface area contributed by atoms with E-state index in [1.807, 2.05) is 36.4 Å². The van der Waals surface area contributed by atoms with Crippen LogP contribution in [0, 0.1) is 5.92 Å². The molecule has 0 radical (unpaired) electrons. The number of nitrogens with one attached hydrogen (secondary N) is 3. The van der Waals surface area contributed by atoms with Gasteiger partial charge in [0.2, 0.25) is 27.7 Å². The van der Waals surface area contributed by atoms with Crippen molar-refractivity contribution in [3.63, 3.8) is 0 Å². The first-order valence-electron chi connectivity index (χ1n) is 18.2. The molecule has 0 spiro atoms. The lowest BCUT2D eigenvalue weighted by Gasteiger charge is -2.29. The highest BCUT2D eigenvalue weighted by molar-refractivity contribution is 7.91. The fourth-order valence-corrected chi connectivity index (χ4v) is 8.77. The summed E-state index contributed by atoms with van der Waals surface area (Å²) in [4.78, 5) is 78.6. The van der Waals surface area contributed by atoms with Gasteiger partial charge >= 0.3 is 0 Å². The lowest BCUT2D eigenvalue weighted by Crippen LogP contribution is -2.58. The Hall–Kier alpha value is -5.58. The van der Waals surface area contributed by atoms with Gasteiger partial charge in [-0.05, 0) is 50.0 Å². The van der Waals surface area contributed by atoms with Crippen molar-refractivity contribution < 1.29 is 32.3 Å². The highest BCUT2D eigenvalue weighted by atomic mass is 32.2. The molecule has 1 aromatic carbocycles. The number of fused-ring (bicyclic) bond motifs is 5. The van der Waals surface area contributed by atoms with Crippen LogP contribution in [0.25, 0.3) is 21.8 Å². The fourth-order valence-electron chi connectivity index (χ4n) is 7.41. The normalized spacial score (nSPS) is 26.8. The number of ether oxygens (including phenoxy) is 1. The monoisotopic (exact) mass is 753 g/mol. The lowest BCUT2D eigenvalue weighted by molar-refractivity contribution is -0.141. The number of benzene rings is 1. The molecule has 280 valence electrons. The van der Waals surface area contributed by atoms with E-state index < -0.39 is 68.5 Å². The first-order valence-corrected chi connectivity index (χ1v) is 19.7. The van der Waals surface area contributed by atoms with Crippen LogP contribution in [0.2, 0.25) is 0 Å². The minimum atomic E-state index is -3.90. The van der Waals surface area contributed by atoms with Gasteiger partial charge in [-0.2, -0.15) is 4.98 Å². The van der Waals surface area contributed by atoms with Crippen molar-refractivity contribution in [3.05, 3.63) is 73.2 Å². The Kier molecular flexibility index (Phi) is 9.41. The predicted molar refractivity (Wildman–Crippen MR) is 194 cm³/mol. The molecule has 0 bridgehead atoms. The first kappa shape index (κ1) is 35.4. The van der Waals surface area contributed by atoms with Crippen molar-refractivity contribution in [2.45, 2.75) is 86.8 Å². The van der Waals surface area contributed by atoms with E-state index in [0.717, 1.165) is 23.6 Å². The van der Waals surface area contributed by atoms with Crippen molar-refractivity contribution in [2.24, 2.45) is 5.92 Å². The highest BCUT2D eigenvalue weighted by Gasteiger charge is 2.62. The lowest BCUT2D eigenvalue weighted by atomic mass is 10.0. The Labute approximate surface area is 310 Å². The summed E-state index contributed by atoms with van der Waals surface area (Å²) < 4.78 is 34.4. The highest BCUT2D eigenvalue weighted by Crippen LogP contribution is 2.46. The molecule has 2 saturated carbocycles. The summed E-state index contributed by atoms with van der Waals surface area (Å²) >= 11 is 0. The number of carbonyl (C=O) groups excluding carboxylic acids is 4. The van der Waals surface area contributed by atoms with Crippen LogP contribution < -0.4 is 20.1 Å². The van der Waals surface area contributed by atoms with Crippen LogP contribution in [0.3, 0.4) is 0 Å². The van der Waals surface area contributed by atoms with Crippen molar-refractivity contribution in [1.29, 1.82) is 0 Å². The van der Waals surface area contributed by atoms with E-state index in [0.29, 0.717) is 43.1 Å². The van der Waals surface area contributed by atoms with Crippen LogP contribution in [-0.2, 0) is 24.4 Å². The van der Waals surface area contributed by atoms with Gasteiger partial charge in [0.15, 0.2) is 5.65 Å². The number of hydrogen-bond donors (Lipinski definition) is 3. The molecule has 3 fully saturated rings. The minimum Gasteiger partial charge on any atom is -0.472 e. The van der Waals surface area contributed by atoms with Gasteiger partial charge in [0.1, 0.15) is 35.7 Å². The van der Waals surface area contributed by atoms with Gasteiger partial charge in [-0.25, -0.2) is 23.4 Å². The molecule has 4 amide bonds.